The first kappa shape index (κ1) is 19.8. The van der Waals surface area contributed by atoms with Crippen LogP contribution in [0.2, 0.25) is 0 Å². The number of nitrogens with one attached hydrogen (secondary N) is 1. The van der Waals surface area contributed by atoms with Gasteiger partial charge >= 0.3 is 0 Å². The van der Waals surface area contributed by atoms with E-state index in [1.54, 1.807) is 7.11 Å². The van der Waals surface area contributed by atoms with Crippen LogP contribution in [-0.4, -0.2) is 24.4 Å². The molecular formula is C21H28N2O3. The van der Waals surface area contributed by atoms with Crippen molar-refractivity contribution < 1.29 is 14.3 Å². The number of anilines is 1. The smallest absolute Gasteiger partial charge is 0.232 e. The normalized spacial score (nSPS) is 10.7. The number of aromatic nitrogens is 1. The molecule has 1 N–H and O–H groups in total. The summed E-state index contributed by atoms with van der Waals surface area (Å²) in [5.74, 6) is 1.79. The van der Waals surface area contributed by atoms with Gasteiger partial charge < -0.3 is 14.8 Å². The van der Waals surface area contributed by atoms with Gasteiger partial charge in [-0.3, -0.25) is 4.79 Å². The number of benzene rings is 1. The molecule has 0 radical (unpaired) electrons. The van der Waals surface area contributed by atoms with Gasteiger partial charge in [-0.2, -0.15) is 0 Å². The monoisotopic (exact) mass is 356 g/mol. The van der Waals surface area contributed by atoms with Gasteiger partial charge in [0.2, 0.25) is 5.88 Å². The molecular weight excluding hydrogens is 328 g/mol. The summed E-state index contributed by atoms with van der Waals surface area (Å²) in [5, 5.41) is 3.44. The number of nitrogens with zero attached hydrogens (tertiary/aromatic N) is 1. The number of carbonyl (C=O) groups excluding carboxylic acids is 1. The molecule has 0 aliphatic rings. The number of aryl methyl sites for hydroxylation is 3. The molecule has 0 aliphatic heterocycles. The lowest BCUT2D eigenvalue weighted by Gasteiger charge is -2.20. The van der Waals surface area contributed by atoms with E-state index in [4.69, 9.17) is 9.47 Å². The van der Waals surface area contributed by atoms with E-state index in [1.165, 1.54) is 0 Å². The number of hydrogen-bond donors (Lipinski definition) is 1. The Labute approximate surface area is 155 Å². The van der Waals surface area contributed by atoms with Crippen molar-refractivity contribution >= 4 is 12.0 Å². The SMILES string of the molecule is CCC(CC)Nc1cc(C)nc(Oc2c(C)cc(OC)cc2C)c1C=O. The standard InChI is InChI=1S/C21H28N2O3/c1-7-16(8-2)23-19-11-15(5)22-21(18(19)12-24)26-20-13(3)9-17(25-6)10-14(20)4/h9-12,16H,7-8H2,1-6H3,(H,22,23). The molecule has 0 saturated heterocycles. The van der Waals surface area contributed by atoms with E-state index in [1.807, 2.05) is 39.0 Å². The van der Waals surface area contributed by atoms with Crippen molar-refractivity contribution in [1.82, 2.24) is 4.98 Å². The molecule has 0 aliphatic carbocycles. The molecule has 1 heterocycles. The Kier molecular flexibility index (Phi) is 6.61. The lowest BCUT2D eigenvalue weighted by atomic mass is 10.1. The highest BCUT2D eigenvalue weighted by Gasteiger charge is 2.17. The zero-order chi connectivity index (χ0) is 19.3. The molecule has 1 aromatic heterocycles. The van der Waals surface area contributed by atoms with Crippen LogP contribution in [-0.2, 0) is 0 Å². The average molecular weight is 356 g/mol. The largest absolute Gasteiger partial charge is 0.497 e. The third kappa shape index (κ3) is 4.34. The molecule has 0 atom stereocenters. The minimum absolute atomic E-state index is 0.299. The van der Waals surface area contributed by atoms with Crippen LogP contribution >= 0.6 is 0 Å². The molecule has 2 rings (SSSR count). The average Bonchev–Trinajstić information content (AvgIpc) is 2.62. The number of pyridine rings is 1. The number of aldehydes is 1. The Bertz CT molecular complexity index is 760. The fourth-order valence-corrected chi connectivity index (χ4v) is 2.96. The van der Waals surface area contributed by atoms with Crippen molar-refractivity contribution in [2.75, 3.05) is 12.4 Å². The summed E-state index contributed by atoms with van der Waals surface area (Å²) >= 11 is 0. The van der Waals surface area contributed by atoms with Crippen LogP contribution < -0.4 is 14.8 Å². The first-order valence-corrected chi connectivity index (χ1v) is 8.99. The third-order valence-corrected chi connectivity index (χ3v) is 4.48. The van der Waals surface area contributed by atoms with Crippen molar-refractivity contribution in [1.29, 1.82) is 0 Å². The Morgan fingerprint density at radius 2 is 1.73 bits per heavy atom. The minimum Gasteiger partial charge on any atom is -0.497 e. The minimum atomic E-state index is 0.299. The van der Waals surface area contributed by atoms with Crippen molar-refractivity contribution in [3.8, 4) is 17.4 Å². The van der Waals surface area contributed by atoms with Crippen molar-refractivity contribution in [2.24, 2.45) is 0 Å². The van der Waals surface area contributed by atoms with Gasteiger partial charge in [-0.25, -0.2) is 4.98 Å². The van der Waals surface area contributed by atoms with Gasteiger partial charge in [0.15, 0.2) is 6.29 Å². The molecule has 5 nitrogen and oxygen atoms in total. The van der Waals surface area contributed by atoms with E-state index in [0.29, 0.717) is 23.2 Å². The Morgan fingerprint density at radius 1 is 1.12 bits per heavy atom. The van der Waals surface area contributed by atoms with E-state index < -0.39 is 0 Å². The molecule has 1 aromatic carbocycles. The topological polar surface area (TPSA) is 60.5 Å². The van der Waals surface area contributed by atoms with Gasteiger partial charge in [0.1, 0.15) is 17.1 Å². The lowest BCUT2D eigenvalue weighted by molar-refractivity contribution is 0.112. The fourth-order valence-electron chi connectivity index (χ4n) is 2.96. The number of methoxy groups -OCH3 is 1. The lowest BCUT2D eigenvalue weighted by Crippen LogP contribution is -2.18. The van der Waals surface area contributed by atoms with E-state index >= 15 is 0 Å². The fraction of sp³-hybridized carbons (Fsp3) is 0.429. The predicted octanol–water partition coefficient (Wildman–Crippen LogP) is 5.22. The van der Waals surface area contributed by atoms with Crippen LogP contribution in [0.3, 0.4) is 0 Å². The number of ether oxygens (including phenoxy) is 2. The maximum Gasteiger partial charge on any atom is 0.232 e. The highest BCUT2D eigenvalue weighted by molar-refractivity contribution is 5.87. The number of rotatable bonds is 8. The van der Waals surface area contributed by atoms with Gasteiger partial charge in [-0.1, -0.05) is 13.8 Å². The van der Waals surface area contributed by atoms with Crippen LogP contribution in [0.5, 0.6) is 17.4 Å². The summed E-state index contributed by atoms with van der Waals surface area (Å²) in [5.41, 5.74) is 3.85. The molecule has 0 fully saturated rings. The quantitative estimate of drug-likeness (QED) is 0.657. The summed E-state index contributed by atoms with van der Waals surface area (Å²) in [7, 11) is 1.64. The first-order chi connectivity index (χ1) is 12.4. The van der Waals surface area contributed by atoms with Gasteiger partial charge in [0.05, 0.1) is 12.8 Å². The highest BCUT2D eigenvalue weighted by atomic mass is 16.5. The second-order valence-corrected chi connectivity index (χ2v) is 6.50. The van der Waals surface area contributed by atoms with Crippen LogP contribution in [0.1, 0.15) is 53.9 Å². The maximum atomic E-state index is 11.8. The van der Waals surface area contributed by atoms with E-state index in [2.05, 4.69) is 24.1 Å². The maximum absolute atomic E-state index is 11.8. The Hall–Kier alpha value is -2.56. The second kappa shape index (κ2) is 8.70. The van der Waals surface area contributed by atoms with Gasteiger partial charge in [0.25, 0.3) is 0 Å². The van der Waals surface area contributed by atoms with Crippen molar-refractivity contribution in [3.05, 3.63) is 40.6 Å². The molecule has 0 saturated carbocycles. The van der Waals surface area contributed by atoms with Crippen LogP contribution in [0.25, 0.3) is 0 Å². The Morgan fingerprint density at radius 3 is 2.23 bits per heavy atom. The highest BCUT2D eigenvalue weighted by Crippen LogP contribution is 2.34. The third-order valence-electron chi connectivity index (χ3n) is 4.48. The van der Waals surface area contributed by atoms with Crippen molar-refractivity contribution in [2.45, 2.75) is 53.5 Å². The molecule has 140 valence electrons. The van der Waals surface area contributed by atoms with Gasteiger partial charge in [0, 0.05) is 11.7 Å². The molecule has 0 amide bonds. The summed E-state index contributed by atoms with van der Waals surface area (Å²) in [6.45, 7) is 10.0. The molecule has 2 aromatic rings. The summed E-state index contributed by atoms with van der Waals surface area (Å²) in [6.07, 6.45) is 2.76. The second-order valence-electron chi connectivity index (χ2n) is 6.50. The number of carbonyl (C=O) groups is 1. The van der Waals surface area contributed by atoms with Crippen LogP contribution in [0.4, 0.5) is 5.69 Å². The zero-order valence-corrected chi connectivity index (χ0v) is 16.5. The summed E-state index contributed by atoms with van der Waals surface area (Å²) in [4.78, 5) is 16.3. The molecule has 26 heavy (non-hydrogen) atoms. The van der Waals surface area contributed by atoms with E-state index in [9.17, 15) is 4.79 Å². The van der Waals surface area contributed by atoms with Crippen molar-refractivity contribution in [3.63, 3.8) is 0 Å². The summed E-state index contributed by atoms with van der Waals surface area (Å²) < 4.78 is 11.4. The van der Waals surface area contributed by atoms with E-state index in [-0.39, 0.29) is 0 Å². The van der Waals surface area contributed by atoms with Crippen LogP contribution in [0, 0.1) is 20.8 Å². The van der Waals surface area contributed by atoms with Gasteiger partial charge in [-0.05, 0) is 62.9 Å². The van der Waals surface area contributed by atoms with Crippen LogP contribution in [0.15, 0.2) is 18.2 Å². The summed E-state index contributed by atoms with van der Waals surface area (Å²) in [6, 6.07) is 6.00. The Balaban J connectivity index is 2.47. The van der Waals surface area contributed by atoms with E-state index in [0.717, 1.165) is 47.4 Å². The zero-order valence-electron chi connectivity index (χ0n) is 16.5. The van der Waals surface area contributed by atoms with Gasteiger partial charge in [-0.15, -0.1) is 0 Å². The number of hydrogen-bond acceptors (Lipinski definition) is 5. The molecule has 0 unspecified atom stereocenters. The molecule has 5 heteroatoms. The molecule has 0 bridgehead atoms. The predicted molar refractivity (Wildman–Crippen MR) is 105 cm³/mol. The molecule has 0 spiro atoms. The first-order valence-electron chi connectivity index (χ1n) is 8.99.